The van der Waals surface area contributed by atoms with Crippen molar-refractivity contribution in [3.8, 4) is 0 Å². The first kappa shape index (κ1) is 19.3. The lowest BCUT2D eigenvalue weighted by Gasteiger charge is -2.19. The summed E-state index contributed by atoms with van der Waals surface area (Å²) in [4.78, 5) is 16.5. The van der Waals surface area contributed by atoms with E-state index in [0.29, 0.717) is 17.9 Å². The van der Waals surface area contributed by atoms with Gasteiger partial charge in [-0.05, 0) is 35.9 Å². The van der Waals surface area contributed by atoms with Crippen molar-refractivity contribution in [1.29, 1.82) is 0 Å². The Kier molecular flexibility index (Phi) is 5.55. The minimum atomic E-state index is -3.95. The average Bonchev–Trinajstić information content (AvgIpc) is 2.68. The van der Waals surface area contributed by atoms with E-state index in [4.69, 9.17) is 0 Å². The van der Waals surface area contributed by atoms with E-state index in [0.717, 1.165) is 11.6 Å². The van der Waals surface area contributed by atoms with Gasteiger partial charge < -0.3 is 4.90 Å². The second kappa shape index (κ2) is 8.05. The summed E-state index contributed by atoms with van der Waals surface area (Å²) in [5.74, 6) is 0. The number of para-hydroxylation sites is 1. The lowest BCUT2D eigenvalue weighted by molar-refractivity contribution is -0.384. The van der Waals surface area contributed by atoms with Crippen LogP contribution in [0.1, 0.15) is 5.56 Å². The van der Waals surface area contributed by atoms with Crippen LogP contribution in [0.2, 0.25) is 0 Å². The molecule has 0 aliphatic carbocycles. The number of pyridine rings is 1. The van der Waals surface area contributed by atoms with E-state index in [1.807, 2.05) is 6.07 Å². The Bertz CT molecular complexity index is 1070. The number of benzene rings is 2. The van der Waals surface area contributed by atoms with Crippen molar-refractivity contribution in [2.45, 2.75) is 11.4 Å². The molecule has 9 heteroatoms. The molecule has 0 atom stereocenters. The molecule has 0 fully saturated rings. The highest BCUT2D eigenvalue weighted by molar-refractivity contribution is 7.92. The van der Waals surface area contributed by atoms with Gasteiger partial charge in [0.25, 0.3) is 15.7 Å². The number of rotatable bonds is 7. The van der Waals surface area contributed by atoms with Gasteiger partial charge >= 0.3 is 0 Å². The second-order valence-electron chi connectivity index (χ2n) is 6.10. The molecule has 2 aromatic carbocycles. The molecule has 8 nitrogen and oxygen atoms in total. The summed E-state index contributed by atoms with van der Waals surface area (Å²) in [6, 6.07) is 15.8. The Morgan fingerprint density at radius 1 is 1.11 bits per heavy atom. The SMILES string of the molecule is CN(Cc1cccnc1)c1ccc(S(=O)(=O)Nc2ccccc2)cc1[N+](=O)[O-]. The predicted molar refractivity (Wildman–Crippen MR) is 107 cm³/mol. The number of anilines is 2. The summed E-state index contributed by atoms with van der Waals surface area (Å²) >= 11 is 0. The Morgan fingerprint density at radius 2 is 1.86 bits per heavy atom. The molecule has 0 aliphatic rings. The van der Waals surface area contributed by atoms with Gasteiger partial charge in [-0.3, -0.25) is 19.8 Å². The highest BCUT2D eigenvalue weighted by Crippen LogP contribution is 2.31. The first-order valence-corrected chi connectivity index (χ1v) is 9.81. The van der Waals surface area contributed by atoms with E-state index < -0.39 is 14.9 Å². The van der Waals surface area contributed by atoms with Gasteiger partial charge in [0.15, 0.2) is 0 Å². The maximum atomic E-state index is 12.6. The molecule has 0 saturated carbocycles. The van der Waals surface area contributed by atoms with Gasteiger partial charge in [0.05, 0.1) is 9.82 Å². The molecule has 0 unspecified atom stereocenters. The Balaban J connectivity index is 1.91. The third-order valence-electron chi connectivity index (χ3n) is 4.03. The van der Waals surface area contributed by atoms with E-state index in [2.05, 4.69) is 9.71 Å². The largest absolute Gasteiger partial charge is 0.365 e. The van der Waals surface area contributed by atoms with Crippen LogP contribution in [0.4, 0.5) is 17.1 Å². The number of nitrogens with one attached hydrogen (secondary N) is 1. The van der Waals surface area contributed by atoms with Crippen LogP contribution >= 0.6 is 0 Å². The number of nitrogens with zero attached hydrogens (tertiary/aromatic N) is 3. The summed E-state index contributed by atoms with van der Waals surface area (Å²) in [7, 11) is -2.25. The van der Waals surface area contributed by atoms with Crippen LogP contribution in [0.15, 0.2) is 78.0 Å². The normalized spacial score (nSPS) is 11.0. The zero-order valence-corrected chi connectivity index (χ0v) is 15.8. The van der Waals surface area contributed by atoms with Crippen molar-refractivity contribution in [2.75, 3.05) is 16.7 Å². The zero-order valence-electron chi connectivity index (χ0n) is 15.0. The minimum Gasteiger partial charge on any atom is -0.365 e. The fourth-order valence-corrected chi connectivity index (χ4v) is 3.79. The van der Waals surface area contributed by atoms with Crippen molar-refractivity contribution < 1.29 is 13.3 Å². The molecule has 3 rings (SSSR count). The van der Waals surface area contributed by atoms with E-state index in [9.17, 15) is 18.5 Å². The third kappa shape index (κ3) is 4.44. The Labute approximate surface area is 162 Å². The van der Waals surface area contributed by atoms with Gasteiger partial charge in [-0.15, -0.1) is 0 Å². The molecule has 1 N–H and O–H groups in total. The van der Waals surface area contributed by atoms with E-state index in [1.165, 1.54) is 12.1 Å². The first-order valence-electron chi connectivity index (χ1n) is 8.33. The second-order valence-corrected chi connectivity index (χ2v) is 7.78. The van der Waals surface area contributed by atoms with Gasteiger partial charge in [0, 0.05) is 37.7 Å². The number of sulfonamides is 1. The maximum absolute atomic E-state index is 12.6. The molecule has 0 radical (unpaired) electrons. The maximum Gasteiger partial charge on any atom is 0.293 e. The average molecular weight is 398 g/mol. The number of hydrogen-bond acceptors (Lipinski definition) is 6. The van der Waals surface area contributed by atoms with E-state index in [-0.39, 0.29) is 10.6 Å². The summed E-state index contributed by atoms with van der Waals surface area (Å²) in [6.45, 7) is 0.392. The number of nitro groups is 1. The summed E-state index contributed by atoms with van der Waals surface area (Å²) in [5, 5.41) is 11.6. The first-order chi connectivity index (χ1) is 13.4. The third-order valence-corrected chi connectivity index (χ3v) is 5.41. The lowest BCUT2D eigenvalue weighted by Crippen LogP contribution is -2.19. The highest BCUT2D eigenvalue weighted by atomic mass is 32.2. The molecule has 1 aromatic heterocycles. The van der Waals surface area contributed by atoms with Gasteiger partial charge in [-0.25, -0.2) is 8.42 Å². The van der Waals surface area contributed by atoms with Crippen LogP contribution in [0, 0.1) is 10.1 Å². The van der Waals surface area contributed by atoms with Crippen molar-refractivity contribution in [3.05, 3.63) is 88.7 Å². The molecular weight excluding hydrogens is 380 g/mol. The van der Waals surface area contributed by atoms with E-state index >= 15 is 0 Å². The van der Waals surface area contributed by atoms with Gasteiger partial charge in [-0.2, -0.15) is 0 Å². The zero-order chi connectivity index (χ0) is 20.1. The minimum absolute atomic E-state index is 0.179. The Hall–Kier alpha value is -3.46. The van der Waals surface area contributed by atoms with Crippen molar-refractivity contribution in [2.24, 2.45) is 0 Å². The van der Waals surface area contributed by atoms with Crippen LogP contribution in [0.5, 0.6) is 0 Å². The topological polar surface area (TPSA) is 105 Å². The monoisotopic (exact) mass is 398 g/mol. The molecule has 144 valence electrons. The molecule has 28 heavy (non-hydrogen) atoms. The number of aromatic nitrogens is 1. The molecule has 0 amide bonds. The smallest absolute Gasteiger partial charge is 0.293 e. The number of hydrogen-bond donors (Lipinski definition) is 1. The van der Waals surface area contributed by atoms with Crippen molar-refractivity contribution in [1.82, 2.24) is 4.98 Å². The number of nitro benzene ring substituents is 1. The Morgan fingerprint density at radius 3 is 2.50 bits per heavy atom. The molecule has 0 saturated heterocycles. The highest BCUT2D eigenvalue weighted by Gasteiger charge is 2.23. The van der Waals surface area contributed by atoms with Crippen LogP contribution in [-0.2, 0) is 16.6 Å². The van der Waals surface area contributed by atoms with Crippen LogP contribution < -0.4 is 9.62 Å². The molecule has 0 bridgehead atoms. The molecule has 3 aromatic rings. The predicted octanol–water partition coefficient (Wildman–Crippen LogP) is 3.43. The van der Waals surface area contributed by atoms with E-state index in [1.54, 1.807) is 60.7 Å². The summed E-state index contributed by atoms with van der Waals surface area (Å²) in [6.07, 6.45) is 3.32. The summed E-state index contributed by atoms with van der Waals surface area (Å²) < 4.78 is 27.6. The van der Waals surface area contributed by atoms with Crippen LogP contribution in [-0.4, -0.2) is 25.4 Å². The summed E-state index contributed by atoms with van der Waals surface area (Å²) in [5.41, 5.74) is 1.28. The molecule has 0 aliphatic heterocycles. The van der Waals surface area contributed by atoms with Gasteiger partial charge in [-0.1, -0.05) is 24.3 Å². The fraction of sp³-hybridized carbons (Fsp3) is 0.105. The van der Waals surface area contributed by atoms with Crippen molar-refractivity contribution in [3.63, 3.8) is 0 Å². The standard InChI is InChI=1S/C19H18N4O4S/c1-22(14-15-6-5-11-20-13-15)18-10-9-17(12-19(18)23(24)25)28(26,27)21-16-7-3-2-4-8-16/h2-13,21H,14H2,1H3. The fourth-order valence-electron chi connectivity index (χ4n) is 2.71. The molecular formula is C19H18N4O4S. The van der Waals surface area contributed by atoms with Gasteiger partial charge in [0.1, 0.15) is 5.69 Å². The van der Waals surface area contributed by atoms with Gasteiger partial charge in [0.2, 0.25) is 0 Å². The quantitative estimate of drug-likeness (QED) is 0.483. The lowest BCUT2D eigenvalue weighted by atomic mass is 10.2. The van der Waals surface area contributed by atoms with Crippen LogP contribution in [0.3, 0.4) is 0 Å². The molecule has 0 spiro atoms. The molecule has 1 heterocycles. The van der Waals surface area contributed by atoms with Crippen LogP contribution in [0.25, 0.3) is 0 Å². The van der Waals surface area contributed by atoms with Crippen molar-refractivity contribution >= 4 is 27.1 Å².